The molecule has 6 nitrogen and oxygen atoms in total. The summed E-state index contributed by atoms with van der Waals surface area (Å²) in [6.07, 6.45) is 2.25. The Morgan fingerprint density at radius 3 is 2.30 bits per heavy atom. The molecule has 0 amide bonds. The number of methoxy groups -OCH3 is 1. The largest absolute Gasteiger partial charge is 0.491 e. The Kier molecular flexibility index (Phi) is 6.44. The van der Waals surface area contributed by atoms with Gasteiger partial charge in [-0.05, 0) is 54.8 Å². The van der Waals surface area contributed by atoms with Crippen LogP contribution in [0.1, 0.15) is 39.1 Å². The van der Waals surface area contributed by atoms with E-state index in [4.69, 9.17) is 14.2 Å². The molecule has 0 aliphatic carbocycles. The first-order valence-corrected chi connectivity index (χ1v) is 8.84. The first-order valence-electron chi connectivity index (χ1n) is 8.84. The molecule has 0 aromatic heterocycles. The van der Waals surface area contributed by atoms with Crippen LogP contribution in [0.2, 0.25) is 0 Å². The van der Waals surface area contributed by atoms with E-state index in [9.17, 15) is 9.59 Å². The fourth-order valence-electron chi connectivity index (χ4n) is 2.74. The van der Waals surface area contributed by atoms with Gasteiger partial charge in [0.05, 0.1) is 24.3 Å². The molecule has 3 rings (SSSR count). The average molecular weight is 370 g/mol. The van der Waals surface area contributed by atoms with Gasteiger partial charge in [0.1, 0.15) is 19.0 Å². The van der Waals surface area contributed by atoms with Gasteiger partial charge < -0.3 is 18.9 Å². The zero-order valence-corrected chi connectivity index (χ0v) is 15.2. The van der Waals surface area contributed by atoms with Crippen molar-refractivity contribution in [2.75, 3.05) is 20.3 Å². The first kappa shape index (κ1) is 18.9. The Labute approximate surface area is 158 Å². The molecular weight excluding hydrogens is 348 g/mol. The molecular formula is C21H22O6. The molecule has 0 spiro atoms. The quantitative estimate of drug-likeness (QED) is 0.696. The summed E-state index contributed by atoms with van der Waals surface area (Å²) in [5, 5.41) is 0. The predicted octanol–water partition coefficient (Wildman–Crippen LogP) is 3.39. The van der Waals surface area contributed by atoms with Gasteiger partial charge in [-0.15, -0.1) is 0 Å². The van der Waals surface area contributed by atoms with Crippen molar-refractivity contribution in [2.45, 2.75) is 25.6 Å². The van der Waals surface area contributed by atoms with E-state index in [0.717, 1.165) is 25.0 Å². The minimum atomic E-state index is -0.419. The summed E-state index contributed by atoms with van der Waals surface area (Å²) in [5.74, 6) is -0.126. The molecule has 27 heavy (non-hydrogen) atoms. The second-order valence-corrected chi connectivity index (χ2v) is 6.24. The van der Waals surface area contributed by atoms with E-state index >= 15 is 0 Å². The van der Waals surface area contributed by atoms with Gasteiger partial charge in [0.25, 0.3) is 0 Å². The summed E-state index contributed by atoms with van der Waals surface area (Å²) in [7, 11) is 1.33. The summed E-state index contributed by atoms with van der Waals surface area (Å²) >= 11 is 0. The summed E-state index contributed by atoms with van der Waals surface area (Å²) in [5.41, 5.74) is 1.68. The number of hydrogen-bond donors (Lipinski definition) is 0. The first-order chi connectivity index (χ1) is 13.2. The van der Waals surface area contributed by atoms with E-state index in [-0.39, 0.29) is 12.7 Å². The van der Waals surface area contributed by atoms with Gasteiger partial charge in [-0.3, -0.25) is 0 Å². The topological polar surface area (TPSA) is 71.1 Å². The monoisotopic (exact) mass is 370 g/mol. The van der Waals surface area contributed by atoms with Crippen LogP contribution >= 0.6 is 0 Å². The second-order valence-electron chi connectivity index (χ2n) is 6.24. The molecule has 142 valence electrons. The highest BCUT2D eigenvalue weighted by atomic mass is 16.5. The zero-order valence-electron chi connectivity index (χ0n) is 15.2. The van der Waals surface area contributed by atoms with Crippen LogP contribution in [0.5, 0.6) is 5.75 Å². The highest BCUT2D eigenvalue weighted by Gasteiger charge is 2.16. The van der Waals surface area contributed by atoms with Gasteiger partial charge in [0, 0.05) is 6.61 Å². The minimum absolute atomic E-state index is 0.123. The highest BCUT2D eigenvalue weighted by molar-refractivity contribution is 5.90. The van der Waals surface area contributed by atoms with Gasteiger partial charge in [-0.2, -0.15) is 0 Å². The molecule has 1 aliphatic rings. The Hall–Kier alpha value is -2.86. The number of carbonyl (C=O) groups excluding carboxylic acids is 2. The Bertz CT molecular complexity index is 760. The number of carbonyl (C=O) groups is 2. The molecule has 1 atom stereocenters. The third-order valence-corrected chi connectivity index (χ3v) is 4.29. The molecule has 2 aromatic rings. The Morgan fingerprint density at radius 1 is 1.00 bits per heavy atom. The number of rotatable bonds is 7. The van der Waals surface area contributed by atoms with Crippen LogP contribution in [0.4, 0.5) is 0 Å². The lowest BCUT2D eigenvalue weighted by Gasteiger charge is -2.11. The van der Waals surface area contributed by atoms with Crippen molar-refractivity contribution < 1.29 is 28.5 Å². The van der Waals surface area contributed by atoms with Crippen LogP contribution in [-0.2, 0) is 20.8 Å². The molecule has 6 heteroatoms. The van der Waals surface area contributed by atoms with Crippen LogP contribution in [0.3, 0.4) is 0 Å². The van der Waals surface area contributed by atoms with Gasteiger partial charge in [0.15, 0.2) is 0 Å². The van der Waals surface area contributed by atoms with E-state index in [1.54, 1.807) is 48.5 Å². The summed E-state index contributed by atoms with van der Waals surface area (Å²) in [4.78, 5) is 23.6. The standard InChI is InChI=1S/C21H22O6/c1-24-20(22)16-6-4-15(5-7-16)13-27-21(23)17-8-10-18(11-9-17)26-14-19-3-2-12-25-19/h4-11,19H,2-3,12-14H2,1H3/t19-/m1/s1. The number of benzene rings is 2. The summed E-state index contributed by atoms with van der Waals surface area (Å²) in [6, 6.07) is 13.6. The Morgan fingerprint density at radius 2 is 1.67 bits per heavy atom. The third-order valence-electron chi connectivity index (χ3n) is 4.29. The molecule has 0 N–H and O–H groups in total. The molecule has 1 aliphatic heterocycles. The van der Waals surface area contributed by atoms with Crippen LogP contribution in [0.25, 0.3) is 0 Å². The van der Waals surface area contributed by atoms with Crippen LogP contribution < -0.4 is 4.74 Å². The van der Waals surface area contributed by atoms with E-state index < -0.39 is 11.9 Å². The molecule has 0 bridgehead atoms. The number of hydrogen-bond acceptors (Lipinski definition) is 6. The minimum Gasteiger partial charge on any atom is -0.491 e. The van der Waals surface area contributed by atoms with Crippen molar-refractivity contribution in [3.8, 4) is 5.75 Å². The Balaban J connectivity index is 1.48. The predicted molar refractivity (Wildman–Crippen MR) is 97.8 cm³/mol. The molecule has 1 fully saturated rings. The van der Waals surface area contributed by atoms with Crippen molar-refractivity contribution in [1.82, 2.24) is 0 Å². The van der Waals surface area contributed by atoms with Crippen molar-refractivity contribution in [3.63, 3.8) is 0 Å². The molecule has 1 saturated heterocycles. The maximum absolute atomic E-state index is 12.2. The number of esters is 2. The zero-order chi connectivity index (χ0) is 19.1. The summed E-state index contributed by atoms with van der Waals surface area (Å²) in [6.45, 7) is 1.44. The number of ether oxygens (including phenoxy) is 4. The van der Waals surface area contributed by atoms with Crippen molar-refractivity contribution in [2.24, 2.45) is 0 Å². The van der Waals surface area contributed by atoms with Crippen molar-refractivity contribution in [3.05, 3.63) is 65.2 Å². The van der Waals surface area contributed by atoms with E-state index in [0.29, 0.717) is 23.5 Å². The van der Waals surface area contributed by atoms with Gasteiger partial charge in [0.2, 0.25) is 0 Å². The molecule has 0 saturated carbocycles. The van der Waals surface area contributed by atoms with E-state index in [1.807, 2.05) is 0 Å². The lowest BCUT2D eigenvalue weighted by Crippen LogP contribution is -2.16. The maximum atomic E-state index is 12.2. The molecule has 0 radical (unpaired) electrons. The fraction of sp³-hybridized carbons (Fsp3) is 0.333. The lowest BCUT2D eigenvalue weighted by molar-refractivity contribution is 0.0471. The molecule has 2 aromatic carbocycles. The fourth-order valence-corrected chi connectivity index (χ4v) is 2.74. The third kappa shape index (κ3) is 5.31. The lowest BCUT2D eigenvalue weighted by atomic mass is 10.1. The van der Waals surface area contributed by atoms with Crippen LogP contribution in [-0.4, -0.2) is 38.4 Å². The van der Waals surface area contributed by atoms with E-state index in [1.165, 1.54) is 7.11 Å². The van der Waals surface area contributed by atoms with Crippen molar-refractivity contribution in [1.29, 1.82) is 0 Å². The van der Waals surface area contributed by atoms with Gasteiger partial charge in [-0.1, -0.05) is 12.1 Å². The van der Waals surface area contributed by atoms with Crippen molar-refractivity contribution >= 4 is 11.9 Å². The van der Waals surface area contributed by atoms with Crippen LogP contribution in [0.15, 0.2) is 48.5 Å². The second kappa shape index (κ2) is 9.19. The molecule has 1 heterocycles. The average Bonchev–Trinajstić information content (AvgIpc) is 3.24. The SMILES string of the molecule is COC(=O)c1ccc(COC(=O)c2ccc(OC[C@H]3CCCO3)cc2)cc1. The van der Waals surface area contributed by atoms with Crippen LogP contribution in [0, 0.1) is 0 Å². The van der Waals surface area contributed by atoms with Gasteiger partial charge in [-0.25, -0.2) is 9.59 Å². The molecule has 0 unspecified atom stereocenters. The normalized spacial score (nSPS) is 16.0. The smallest absolute Gasteiger partial charge is 0.338 e. The maximum Gasteiger partial charge on any atom is 0.338 e. The highest BCUT2D eigenvalue weighted by Crippen LogP contribution is 2.17. The van der Waals surface area contributed by atoms with Gasteiger partial charge >= 0.3 is 11.9 Å². The summed E-state index contributed by atoms with van der Waals surface area (Å²) < 4.78 is 21.1. The van der Waals surface area contributed by atoms with E-state index in [2.05, 4.69) is 4.74 Å².